The quantitative estimate of drug-likeness (QED) is 0.204. The average Bonchev–Trinajstić information content (AvgIpc) is 3.42. The van der Waals surface area contributed by atoms with Crippen LogP contribution >= 0.6 is 0 Å². The summed E-state index contributed by atoms with van der Waals surface area (Å²) in [7, 11) is 3.76. The zero-order chi connectivity index (χ0) is 35.8. The van der Waals surface area contributed by atoms with Gasteiger partial charge < -0.3 is 40.1 Å². The van der Waals surface area contributed by atoms with Crippen LogP contribution in [0.4, 0.5) is 11.9 Å². The summed E-state index contributed by atoms with van der Waals surface area (Å²) in [5.41, 5.74) is 5.75. The van der Waals surface area contributed by atoms with Crippen LogP contribution in [0.5, 0.6) is 6.01 Å². The Morgan fingerprint density at radius 3 is 2.46 bits per heavy atom. The fraction of sp³-hybridized carbons (Fsp3) is 0.865. The fourth-order valence-corrected chi connectivity index (χ4v) is 11.1. The summed E-state index contributed by atoms with van der Waals surface area (Å²) in [5.74, 6) is 2.95. The number of Topliss-reactive ketones (excluding diaryl/α,β-unsaturated/α-hetero) is 1. The second kappa shape index (κ2) is 15.2. The van der Waals surface area contributed by atoms with E-state index in [-0.39, 0.29) is 66.6 Å². The van der Waals surface area contributed by atoms with Crippen LogP contribution < -0.4 is 20.3 Å². The molecule has 6 rings (SSSR count). The minimum atomic E-state index is -0.495. The molecule has 4 saturated carbocycles. The summed E-state index contributed by atoms with van der Waals surface area (Å²) >= 11 is 0. The lowest BCUT2D eigenvalue weighted by Crippen LogP contribution is -2.58. The largest absolute Gasteiger partial charge is 0.436 e. The zero-order valence-corrected chi connectivity index (χ0v) is 30.9. The topological polar surface area (TPSA) is 167 Å². The molecule has 5 aliphatic rings. The highest BCUT2D eigenvalue weighted by Gasteiger charge is 2.62. The van der Waals surface area contributed by atoms with Crippen LogP contribution in [0.2, 0.25) is 0 Å². The van der Waals surface area contributed by atoms with Crippen LogP contribution in [-0.4, -0.2) is 114 Å². The number of hydrogen-bond donors (Lipinski definition) is 3. The van der Waals surface area contributed by atoms with Crippen molar-refractivity contribution < 1.29 is 29.3 Å². The predicted octanol–water partition coefficient (Wildman–Crippen LogP) is 2.87. The summed E-state index contributed by atoms with van der Waals surface area (Å²) < 4.78 is 11.5. The first-order valence-electron chi connectivity index (χ1n) is 19.1. The Bertz CT molecular complexity index is 1360. The number of primary amides is 1. The van der Waals surface area contributed by atoms with E-state index >= 15 is 0 Å². The minimum Gasteiger partial charge on any atom is -0.436 e. The number of fused-ring (bicyclic) bond motifs is 5. The maximum atomic E-state index is 13.2. The van der Waals surface area contributed by atoms with E-state index in [9.17, 15) is 19.8 Å². The van der Waals surface area contributed by atoms with Gasteiger partial charge in [0.15, 0.2) is 6.79 Å². The van der Waals surface area contributed by atoms with Crippen molar-refractivity contribution in [3.05, 3.63) is 0 Å². The molecule has 13 heteroatoms. The lowest BCUT2D eigenvalue weighted by molar-refractivity contribution is -0.174. The number of hydrogen-bond acceptors (Lipinski definition) is 12. The summed E-state index contributed by atoms with van der Waals surface area (Å²) in [6.07, 6.45) is 8.50. The molecule has 5 fully saturated rings. The number of amides is 1. The second-order valence-electron chi connectivity index (χ2n) is 16.9. The van der Waals surface area contributed by atoms with E-state index in [2.05, 4.69) is 52.6 Å². The summed E-state index contributed by atoms with van der Waals surface area (Å²) in [5, 5.41) is 21.9. The number of aromatic nitrogens is 3. The smallest absolute Gasteiger partial charge is 0.325 e. The van der Waals surface area contributed by atoms with Crippen LogP contribution in [-0.2, 0) is 14.3 Å². The third-order valence-electron chi connectivity index (χ3n) is 13.9. The number of anilines is 2. The van der Waals surface area contributed by atoms with Gasteiger partial charge in [-0.2, -0.15) is 15.0 Å². The van der Waals surface area contributed by atoms with Gasteiger partial charge in [0.2, 0.25) is 17.8 Å². The van der Waals surface area contributed by atoms with E-state index in [0.717, 1.165) is 77.5 Å². The van der Waals surface area contributed by atoms with Crippen LogP contribution in [0.3, 0.4) is 0 Å². The first-order chi connectivity index (χ1) is 23.8. The van der Waals surface area contributed by atoms with Crippen molar-refractivity contribution in [1.82, 2.24) is 19.9 Å². The summed E-state index contributed by atoms with van der Waals surface area (Å²) in [4.78, 5) is 44.0. The van der Waals surface area contributed by atoms with Crippen molar-refractivity contribution in [1.29, 1.82) is 0 Å². The van der Waals surface area contributed by atoms with Crippen LogP contribution in [0.1, 0.15) is 85.0 Å². The number of carbonyl (C=O) groups is 2. The monoisotopic (exact) mass is 699 g/mol. The standard InChI is InChI=1S/C37H61N7O6/c1-23(27-6-7-28-32-29(9-12-37(27,28)3)36(2)11-8-25(45)19-24(36)20-30(32)47)18-26(46)10-17-49-22-50-35-40-33(43(5)21-31(38)48)39-34(41-35)44-15-13-42(4)14-16-44/h23-25,27-30,32,45,47H,6-22H2,1-5H3,(H2,38,48)/t23-,24?,25-,27?,28?,29?,30?,32?,36+,37-/m1/s1. The summed E-state index contributed by atoms with van der Waals surface area (Å²) in [6.45, 7) is 10.5. The Hall–Kier alpha value is -2.61. The number of carbonyl (C=O) groups excluding carboxylic acids is 2. The Morgan fingerprint density at radius 2 is 1.72 bits per heavy atom. The Balaban J connectivity index is 0.991. The van der Waals surface area contributed by atoms with Crippen LogP contribution in [0.25, 0.3) is 0 Å². The number of nitrogens with two attached hydrogens (primary N) is 1. The van der Waals surface area contributed by atoms with E-state index in [1.165, 1.54) is 0 Å². The number of ether oxygens (including phenoxy) is 2. The molecule has 1 aliphatic heterocycles. The number of ketones is 1. The molecule has 0 aromatic carbocycles. The Labute approximate surface area is 297 Å². The van der Waals surface area contributed by atoms with Crippen molar-refractivity contribution >= 4 is 23.6 Å². The predicted molar refractivity (Wildman–Crippen MR) is 189 cm³/mol. The molecule has 0 bridgehead atoms. The summed E-state index contributed by atoms with van der Waals surface area (Å²) in [6, 6.07) is 0.0904. The van der Waals surface area contributed by atoms with E-state index in [4.69, 9.17) is 15.2 Å². The molecule has 1 saturated heterocycles. The molecule has 4 N–H and O–H groups in total. The van der Waals surface area contributed by atoms with Gasteiger partial charge in [-0.3, -0.25) is 9.59 Å². The van der Waals surface area contributed by atoms with Crippen molar-refractivity contribution in [3.8, 4) is 6.01 Å². The number of aliphatic hydroxyl groups is 2. The molecule has 0 radical (unpaired) electrons. The molecular weight excluding hydrogens is 638 g/mol. The third-order valence-corrected chi connectivity index (χ3v) is 13.9. The lowest BCUT2D eigenvalue weighted by Gasteiger charge is -2.62. The van der Waals surface area contributed by atoms with Gasteiger partial charge in [-0.15, -0.1) is 0 Å². The normalized spacial score (nSPS) is 36.2. The highest BCUT2D eigenvalue weighted by Crippen LogP contribution is 2.68. The van der Waals surface area contributed by atoms with Crippen molar-refractivity contribution in [3.63, 3.8) is 0 Å². The van der Waals surface area contributed by atoms with Crippen molar-refractivity contribution in [2.24, 2.45) is 52.1 Å². The van der Waals surface area contributed by atoms with Gasteiger partial charge in [0.25, 0.3) is 0 Å². The molecule has 50 heavy (non-hydrogen) atoms. The molecule has 10 atom stereocenters. The van der Waals surface area contributed by atoms with Gasteiger partial charge in [-0.25, -0.2) is 0 Å². The van der Waals surface area contributed by atoms with Gasteiger partial charge >= 0.3 is 6.01 Å². The third kappa shape index (κ3) is 7.61. The molecule has 4 aliphatic carbocycles. The van der Waals surface area contributed by atoms with Crippen molar-refractivity contribution in [2.45, 2.75) is 97.2 Å². The molecule has 1 aromatic rings. The highest BCUT2D eigenvalue weighted by atomic mass is 16.7. The number of aliphatic hydroxyl groups excluding tert-OH is 2. The number of nitrogens with zero attached hydrogens (tertiary/aromatic N) is 6. The van der Waals surface area contributed by atoms with E-state index in [1.807, 2.05) is 0 Å². The molecule has 6 unspecified atom stereocenters. The average molecular weight is 700 g/mol. The SMILES string of the molecule is C[C@H](CC(=O)CCOCOc1nc(N(C)CC(N)=O)nc(N2CCN(C)CC2)n1)C1CCC2C3C(O)CC4C[C@H](O)CC[C@]4(C)C3CC[C@@]21C. The van der Waals surface area contributed by atoms with E-state index in [1.54, 1.807) is 11.9 Å². The van der Waals surface area contributed by atoms with Gasteiger partial charge in [0, 0.05) is 46.1 Å². The first kappa shape index (κ1) is 37.2. The maximum absolute atomic E-state index is 13.2. The number of piperazine rings is 1. The van der Waals surface area contributed by atoms with E-state index in [0.29, 0.717) is 48.4 Å². The minimum absolute atomic E-state index is 0.0436. The molecule has 1 amide bonds. The maximum Gasteiger partial charge on any atom is 0.325 e. The lowest BCUT2D eigenvalue weighted by atomic mass is 9.43. The molecule has 0 spiro atoms. The highest BCUT2D eigenvalue weighted by molar-refractivity contribution is 5.79. The van der Waals surface area contributed by atoms with Crippen LogP contribution in [0, 0.1) is 46.3 Å². The Morgan fingerprint density at radius 1 is 1.00 bits per heavy atom. The first-order valence-corrected chi connectivity index (χ1v) is 19.1. The van der Waals surface area contributed by atoms with Crippen molar-refractivity contribution in [2.75, 3.05) is 70.0 Å². The Kier molecular flexibility index (Phi) is 11.3. The van der Waals surface area contributed by atoms with Gasteiger partial charge in [0.05, 0.1) is 25.4 Å². The van der Waals surface area contributed by atoms with Gasteiger partial charge in [-0.1, -0.05) is 20.8 Å². The molecule has 2 heterocycles. The number of rotatable bonds is 13. The second-order valence-corrected chi connectivity index (χ2v) is 16.9. The molecule has 280 valence electrons. The number of likely N-dealkylation sites (N-methyl/N-ethyl adjacent to an activating group) is 2. The van der Waals surface area contributed by atoms with Gasteiger partial charge in [0.1, 0.15) is 5.78 Å². The molecule has 1 aromatic heterocycles. The molecule has 13 nitrogen and oxygen atoms in total. The fourth-order valence-electron chi connectivity index (χ4n) is 11.1. The van der Waals surface area contributed by atoms with E-state index < -0.39 is 5.91 Å². The zero-order valence-electron chi connectivity index (χ0n) is 30.9. The molecular formula is C37H61N7O6. The van der Waals surface area contributed by atoms with Crippen LogP contribution in [0.15, 0.2) is 0 Å². The van der Waals surface area contributed by atoms with Gasteiger partial charge in [-0.05, 0) is 105 Å².